The van der Waals surface area contributed by atoms with E-state index in [0.717, 1.165) is 32.0 Å². The van der Waals surface area contributed by atoms with Crippen LogP contribution in [-0.4, -0.2) is 42.8 Å². The summed E-state index contributed by atoms with van der Waals surface area (Å²) < 4.78 is 5.41. The van der Waals surface area contributed by atoms with Gasteiger partial charge in [-0.3, -0.25) is 0 Å². The standard InChI is InChI=1S/C18H36N2O2/c1-5-20(17(21)22-18(2,3)4)15-9-13-19-14-12-16-10-7-6-8-11-16/h16,19H,5-15H2,1-4H3. The highest BCUT2D eigenvalue weighted by atomic mass is 16.6. The van der Waals surface area contributed by atoms with Gasteiger partial charge in [0.15, 0.2) is 0 Å². The largest absolute Gasteiger partial charge is 0.444 e. The Morgan fingerprint density at radius 2 is 1.86 bits per heavy atom. The lowest BCUT2D eigenvalue weighted by molar-refractivity contribution is 0.0258. The molecule has 0 bridgehead atoms. The molecule has 1 rings (SSSR count). The van der Waals surface area contributed by atoms with Crippen LogP contribution in [0.1, 0.15) is 72.6 Å². The molecule has 0 unspecified atom stereocenters. The molecule has 4 nitrogen and oxygen atoms in total. The monoisotopic (exact) mass is 312 g/mol. The minimum absolute atomic E-state index is 0.197. The first-order valence-corrected chi connectivity index (χ1v) is 9.11. The summed E-state index contributed by atoms with van der Waals surface area (Å²) >= 11 is 0. The van der Waals surface area contributed by atoms with E-state index < -0.39 is 5.60 Å². The van der Waals surface area contributed by atoms with E-state index in [9.17, 15) is 4.79 Å². The Hall–Kier alpha value is -0.770. The zero-order valence-corrected chi connectivity index (χ0v) is 15.1. The van der Waals surface area contributed by atoms with Crippen LogP contribution in [0.25, 0.3) is 0 Å². The van der Waals surface area contributed by atoms with E-state index in [2.05, 4.69) is 5.32 Å². The first-order valence-electron chi connectivity index (χ1n) is 9.11. The van der Waals surface area contributed by atoms with Gasteiger partial charge in [-0.1, -0.05) is 32.1 Å². The summed E-state index contributed by atoms with van der Waals surface area (Å²) in [6, 6.07) is 0. The maximum absolute atomic E-state index is 12.0. The van der Waals surface area contributed by atoms with Crippen LogP contribution in [0.15, 0.2) is 0 Å². The summed E-state index contributed by atoms with van der Waals surface area (Å²) in [5.74, 6) is 0.940. The van der Waals surface area contributed by atoms with Gasteiger partial charge in [-0.05, 0) is 59.5 Å². The fourth-order valence-corrected chi connectivity index (χ4v) is 3.01. The molecule has 1 saturated carbocycles. The highest BCUT2D eigenvalue weighted by Crippen LogP contribution is 2.25. The summed E-state index contributed by atoms with van der Waals surface area (Å²) in [4.78, 5) is 13.8. The van der Waals surface area contributed by atoms with Crippen molar-refractivity contribution in [2.45, 2.75) is 78.2 Å². The molecule has 0 atom stereocenters. The molecule has 0 spiro atoms. The minimum atomic E-state index is -0.414. The van der Waals surface area contributed by atoms with Gasteiger partial charge in [0.2, 0.25) is 0 Å². The quantitative estimate of drug-likeness (QED) is 0.683. The molecule has 1 aliphatic rings. The van der Waals surface area contributed by atoms with E-state index in [1.165, 1.54) is 38.5 Å². The van der Waals surface area contributed by atoms with Crippen LogP contribution in [0.5, 0.6) is 0 Å². The minimum Gasteiger partial charge on any atom is -0.444 e. The second kappa shape index (κ2) is 10.1. The molecular weight excluding hydrogens is 276 g/mol. The third-order valence-electron chi connectivity index (χ3n) is 4.27. The van der Waals surface area contributed by atoms with Crippen LogP contribution in [0.3, 0.4) is 0 Å². The van der Waals surface area contributed by atoms with Crippen LogP contribution in [0.2, 0.25) is 0 Å². The van der Waals surface area contributed by atoms with E-state index in [4.69, 9.17) is 4.74 Å². The van der Waals surface area contributed by atoms with Crippen molar-refractivity contribution in [3.05, 3.63) is 0 Å². The number of hydrogen-bond donors (Lipinski definition) is 1. The predicted molar refractivity (Wildman–Crippen MR) is 92.2 cm³/mol. The Bertz CT molecular complexity index is 307. The lowest BCUT2D eigenvalue weighted by Gasteiger charge is -2.26. The molecule has 0 heterocycles. The van der Waals surface area contributed by atoms with Crippen LogP contribution in [0, 0.1) is 5.92 Å². The van der Waals surface area contributed by atoms with Gasteiger partial charge < -0.3 is 15.0 Å². The van der Waals surface area contributed by atoms with Crippen LogP contribution in [0.4, 0.5) is 4.79 Å². The Morgan fingerprint density at radius 3 is 2.45 bits per heavy atom. The fourth-order valence-electron chi connectivity index (χ4n) is 3.01. The molecular formula is C18H36N2O2. The molecule has 130 valence electrons. The normalized spacial score (nSPS) is 16.5. The molecule has 22 heavy (non-hydrogen) atoms. The number of hydrogen-bond acceptors (Lipinski definition) is 3. The summed E-state index contributed by atoms with van der Waals surface area (Å²) in [5, 5.41) is 3.52. The predicted octanol–water partition coefficient (Wildman–Crippen LogP) is 4.19. The number of carbonyl (C=O) groups excluding carboxylic acids is 1. The molecule has 1 fully saturated rings. The second-order valence-corrected chi connectivity index (χ2v) is 7.46. The Labute approximate surface area is 137 Å². The van der Waals surface area contributed by atoms with Crippen LogP contribution >= 0.6 is 0 Å². The third kappa shape index (κ3) is 8.62. The number of ether oxygens (including phenoxy) is 1. The van der Waals surface area contributed by atoms with Crippen molar-refractivity contribution in [3.63, 3.8) is 0 Å². The highest BCUT2D eigenvalue weighted by molar-refractivity contribution is 5.68. The lowest BCUT2D eigenvalue weighted by atomic mass is 9.87. The molecule has 0 aliphatic heterocycles. The fraction of sp³-hybridized carbons (Fsp3) is 0.944. The van der Waals surface area contributed by atoms with Crippen molar-refractivity contribution >= 4 is 6.09 Å². The second-order valence-electron chi connectivity index (χ2n) is 7.46. The Balaban J connectivity index is 2.07. The summed E-state index contributed by atoms with van der Waals surface area (Å²) in [7, 11) is 0. The van der Waals surface area contributed by atoms with Crippen molar-refractivity contribution in [2.24, 2.45) is 5.92 Å². The molecule has 4 heteroatoms. The number of nitrogens with one attached hydrogen (secondary N) is 1. The zero-order valence-electron chi connectivity index (χ0n) is 15.1. The molecule has 1 amide bonds. The van der Waals surface area contributed by atoms with E-state index in [-0.39, 0.29) is 6.09 Å². The van der Waals surface area contributed by atoms with Crippen LogP contribution < -0.4 is 5.32 Å². The Morgan fingerprint density at radius 1 is 1.18 bits per heavy atom. The number of rotatable bonds is 8. The molecule has 0 radical (unpaired) electrons. The number of carbonyl (C=O) groups is 1. The van der Waals surface area contributed by atoms with Gasteiger partial charge in [0.05, 0.1) is 0 Å². The molecule has 0 aromatic rings. The first kappa shape index (κ1) is 19.3. The summed E-state index contributed by atoms with van der Waals surface area (Å²) in [5.41, 5.74) is -0.414. The van der Waals surface area contributed by atoms with E-state index in [1.807, 2.05) is 27.7 Å². The smallest absolute Gasteiger partial charge is 0.410 e. The number of nitrogens with zero attached hydrogens (tertiary/aromatic N) is 1. The SMILES string of the molecule is CCN(CCCNCCC1CCCCC1)C(=O)OC(C)(C)C. The molecule has 0 saturated heterocycles. The van der Waals surface area contributed by atoms with Crippen molar-refractivity contribution < 1.29 is 9.53 Å². The van der Waals surface area contributed by atoms with Crippen LogP contribution in [-0.2, 0) is 4.74 Å². The molecule has 0 aromatic heterocycles. The Kier molecular flexibility index (Phi) is 8.84. The van der Waals surface area contributed by atoms with E-state index >= 15 is 0 Å². The summed E-state index contributed by atoms with van der Waals surface area (Å²) in [6.45, 7) is 11.3. The summed E-state index contributed by atoms with van der Waals surface area (Å²) in [6.07, 6.45) is 9.21. The zero-order chi connectivity index (χ0) is 16.4. The van der Waals surface area contributed by atoms with Gasteiger partial charge in [0.25, 0.3) is 0 Å². The molecule has 1 N–H and O–H groups in total. The van der Waals surface area contributed by atoms with Gasteiger partial charge in [-0.25, -0.2) is 4.79 Å². The highest BCUT2D eigenvalue weighted by Gasteiger charge is 2.20. The van der Waals surface area contributed by atoms with Crippen molar-refractivity contribution in [1.29, 1.82) is 0 Å². The van der Waals surface area contributed by atoms with Gasteiger partial charge in [-0.15, -0.1) is 0 Å². The van der Waals surface area contributed by atoms with Gasteiger partial charge in [0, 0.05) is 13.1 Å². The van der Waals surface area contributed by atoms with Gasteiger partial charge >= 0.3 is 6.09 Å². The number of amides is 1. The molecule has 0 aromatic carbocycles. The van der Waals surface area contributed by atoms with Crippen molar-refractivity contribution in [3.8, 4) is 0 Å². The van der Waals surface area contributed by atoms with E-state index in [0.29, 0.717) is 6.54 Å². The average molecular weight is 312 g/mol. The maximum atomic E-state index is 12.0. The van der Waals surface area contributed by atoms with Crippen molar-refractivity contribution in [1.82, 2.24) is 10.2 Å². The third-order valence-corrected chi connectivity index (χ3v) is 4.27. The van der Waals surface area contributed by atoms with Gasteiger partial charge in [0.1, 0.15) is 5.60 Å². The van der Waals surface area contributed by atoms with E-state index in [1.54, 1.807) is 4.90 Å². The van der Waals surface area contributed by atoms with Gasteiger partial charge in [-0.2, -0.15) is 0 Å². The average Bonchev–Trinajstić information content (AvgIpc) is 2.45. The first-order chi connectivity index (χ1) is 10.4. The lowest BCUT2D eigenvalue weighted by Crippen LogP contribution is -2.38. The topological polar surface area (TPSA) is 41.6 Å². The maximum Gasteiger partial charge on any atom is 0.410 e. The molecule has 1 aliphatic carbocycles. The van der Waals surface area contributed by atoms with Crippen molar-refractivity contribution in [2.75, 3.05) is 26.2 Å².